The van der Waals surface area contributed by atoms with Gasteiger partial charge >= 0.3 is 6.01 Å². The molecular weight excluding hydrogens is 566 g/mol. The normalized spacial score (nSPS) is 12.3. The highest BCUT2D eigenvalue weighted by atomic mass is 16.4. The second-order valence-electron chi connectivity index (χ2n) is 12.0. The van der Waals surface area contributed by atoms with Gasteiger partial charge in [0.15, 0.2) is 5.58 Å². The molecule has 0 atom stereocenters. The largest absolute Gasteiger partial charge is 0.456 e. The van der Waals surface area contributed by atoms with Crippen LogP contribution in [0.25, 0.3) is 99.1 Å². The molecule has 0 N–H and O–H groups in total. The van der Waals surface area contributed by atoms with E-state index in [4.69, 9.17) is 13.8 Å². The Morgan fingerprint density at radius 1 is 0.413 bits per heavy atom. The van der Waals surface area contributed by atoms with Crippen LogP contribution in [-0.2, 0) is 0 Å². The Bertz CT molecular complexity index is 2990. The summed E-state index contributed by atoms with van der Waals surface area (Å²) in [5, 5.41) is 9.16. The van der Waals surface area contributed by atoms with Crippen LogP contribution in [0.4, 0.5) is 0 Å². The number of rotatable bonds is 2. The molecule has 0 aliphatic carbocycles. The zero-order valence-electron chi connectivity index (χ0n) is 24.4. The first kappa shape index (κ1) is 24.0. The molecule has 0 saturated heterocycles. The molecule has 11 aromatic rings. The zero-order valence-corrected chi connectivity index (χ0v) is 24.4. The van der Waals surface area contributed by atoms with Crippen molar-refractivity contribution in [3.05, 3.63) is 140 Å². The third-order valence-electron chi connectivity index (χ3n) is 9.53. The van der Waals surface area contributed by atoms with Crippen molar-refractivity contribution in [2.45, 2.75) is 0 Å². The van der Waals surface area contributed by atoms with E-state index >= 15 is 0 Å². The van der Waals surface area contributed by atoms with Gasteiger partial charge in [-0.2, -0.15) is 4.98 Å². The maximum Gasteiger partial charge on any atom is 0.307 e. The monoisotopic (exact) mass is 589 g/mol. The van der Waals surface area contributed by atoms with Crippen molar-refractivity contribution in [2.75, 3.05) is 0 Å². The number of furan rings is 1. The number of hydrogen-bond donors (Lipinski definition) is 0. The molecule has 4 aromatic heterocycles. The minimum atomic E-state index is 0.535. The van der Waals surface area contributed by atoms with Crippen LogP contribution in [0.3, 0.4) is 0 Å². The van der Waals surface area contributed by atoms with Crippen molar-refractivity contribution in [3.63, 3.8) is 0 Å². The Balaban J connectivity index is 1.24. The van der Waals surface area contributed by atoms with Crippen molar-refractivity contribution >= 4 is 87.4 Å². The maximum absolute atomic E-state index is 6.59. The van der Waals surface area contributed by atoms with Gasteiger partial charge < -0.3 is 13.4 Å². The molecule has 46 heavy (non-hydrogen) atoms. The number of aromatic nitrogens is 3. The minimum absolute atomic E-state index is 0.535. The van der Waals surface area contributed by atoms with Crippen LogP contribution in [0.1, 0.15) is 0 Å². The van der Waals surface area contributed by atoms with Gasteiger partial charge in [0.2, 0.25) is 0 Å². The van der Waals surface area contributed by atoms with E-state index in [0.29, 0.717) is 6.01 Å². The number of nitrogens with zero attached hydrogens (tertiary/aromatic N) is 3. The first-order valence-electron chi connectivity index (χ1n) is 15.5. The van der Waals surface area contributed by atoms with Crippen molar-refractivity contribution in [2.24, 2.45) is 0 Å². The topological polar surface area (TPSA) is 49.0 Å². The average Bonchev–Trinajstić information content (AvgIpc) is 3.85. The first-order valence-corrected chi connectivity index (χ1v) is 15.5. The Kier molecular flexibility index (Phi) is 4.52. The van der Waals surface area contributed by atoms with Gasteiger partial charge in [-0.3, -0.25) is 4.57 Å². The lowest BCUT2D eigenvalue weighted by Crippen LogP contribution is -1.96. The molecule has 0 unspecified atom stereocenters. The predicted octanol–water partition coefficient (Wildman–Crippen LogP) is 11.1. The van der Waals surface area contributed by atoms with Crippen LogP contribution >= 0.6 is 0 Å². The number of hydrogen-bond acceptors (Lipinski definition) is 3. The van der Waals surface area contributed by atoms with Crippen LogP contribution < -0.4 is 0 Å². The lowest BCUT2D eigenvalue weighted by Gasteiger charge is -2.09. The van der Waals surface area contributed by atoms with Gasteiger partial charge in [0.1, 0.15) is 16.7 Å². The van der Waals surface area contributed by atoms with E-state index in [1.54, 1.807) is 0 Å². The van der Waals surface area contributed by atoms with E-state index in [1.807, 2.05) is 30.3 Å². The van der Waals surface area contributed by atoms with Crippen LogP contribution in [-0.4, -0.2) is 14.1 Å². The summed E-state index contributed by atoms with van der Waals surface area (Å²) in [6.45, 7) is 0. The van der Waals surface area contributed by atoms with E-state index in [9.17, 15) is 0 Å². The Morgan fingerprint density at radius 2 is 1.04 bits per heavy atom. The fourth-order valence-corrected chi connectivity index (χ4v) is 7.52. The smallest absolute Gasteiger partial charge is 0.307 e. The first-order chi connectivity index (χ1) is 22.8. The van der Waals surface area contributed by atoms with E-state index in [1.165, 1.54) is 32.6 Å². The second kappa shape index (κ2) is 8.65. The van der Waals surface area contributed by atoms with E-state index < -0.39 is 0 Å². The highest BCUT2D eigenvalue weighted by Crippen LogP contribution is 2.40. The molecule has 0 radical (unpaired) electrons. The number of oxazole rings is 1. The zero-order chi connectivity index (χ0) is 29.9. The standard InChI is InChI=1S/C41H23N3O2/c1-2-10-25-22-35-30(21-24(25)9-1)31-23-26(43-32-14-6-3-11-27(32)28-12-4-7-15-33(28)43)17-18-34(31)44(35)41-42-40-38(46-41)20-19-37-39(40)29-13-5-8-16-36(29)45-37/h1-23H. The summed E-state index contributed by atoms with van der Waals surface area (Å²) < 4.78 is 17.3. The number of fused-ring (bicyclic) bond motifs is 12. The van der Waals surface area contributed by atoms with Crippen LogP contribution in [0, 0.1) is 0 Å². The van der Waals surface area contributed by atoms with E-state index in [2.05, 4.69) is 118 Å². The predicted molar refractivity (Wildman–Crippen MR) is 187 cm³/mol. The number of benzene rings is 7. The van der Waals surface area contributed by atoms with Crippen molar-refractivity contribution in [1.29, 1.82) is 0 Å². The van der Waals surface area contributed by atoms with Crippen molar-refractivity contribution in [1.82, 2.24) is 14.1 Å². The Labute approximate surface area is 261 Å². The minimum Gasteiger partial charge on any atom is -0.456 e. The molecule has 0 amide bonds. The molecule has 5 heteroatoms. The summed E-state index contributed by atoms with van der Waals surface area (Å²) in [5.41, 5.74) is 8.75. The third-order valence-corrected chi connectivity index (χ3v) is 9.53. The molecule has 0 bridgehead atoms. The SMILES string of the molecule is c1ccc2cc3c(cc2c1)c1cc(-n2c4ccccc4c4ccccc42)ccc1n3-c1nc2c(ccc3oc4ccccc4c32)o1. The van der Waals surface area contributed by atoms with Crippen LogP contribution in [0.5, 0.6) is 0 Å². The lowest BCUT2D eigenvalue weighted by atomic mass is 10.1. The highest BCUT2D eigenvalue weighted by molar-refractivity contribution is 6.18. The highest BCUT2D eigenvalue weighted by Gasteiger charge is 2.21. The molecule has 11 rings (SSSR count). The van der Waals surface area contributed by atoms with Gasteiger partial charge in [-0.1, -0.05) is 78.9 Å². The van der Waals surface area contributed by atoms with Gasteiger partial charge in [0.25, 0.3) is 0 Å². The third kappa shape index (κ3) is 3.11. The molecule has 4 heterocycles. The molecule has 0 aliphatic heterocycles. The maximum atomic E-state index is 6.59. The summed E-state index contributed by atoms with van der Waals surface area (Å²) >= 11 is 0. The van der Waals surface area contributed by atoms with Gasteiger partial charge in [-0.15, -0.1) is 0 Å². The fourth-order valence-electron chi connectivity index (χ4n) is 7.52. The fraction of sp³-hybridized carbons (Fsp3) is 0. The van der Waals surface area contributed by atoms with Gasteiger partial charge in [-0.25, -0.2) is 0 Å². The van der Waals surface area contributed by atoms with Crippen molar-refractivity contribution < 1.29 is 8.83 Å². The van der Waals surface area contributed by atoms with Crippen LogP contribution in [0.15, 0.2) is 148 Å². The quantitative estimate of drug-likeness (QED) is 0.202. The van der Waals surface area contributed by atoms with Gasteiger partial charge in [0.05, 0.1) is 27.5 Å². The van der Waals surface area contributed by atoms with E-state index in [-0.39, 0.29) is 0 Å². The average molecular weight is 590 g/mol. The van der Waals surface area contributed by atoms with E-state index in [0.717, 1.165) is 60.5 Å². The molecule has 5 nitrogen and oxygen atoms in total. The molecule has 0 spiro atoms. The summed E-state index contributed by atoms with van der Waals surface area (Å²) in [7, 11) is 0. The summed E-state index contributed by atoms with van der Waals surface area (Å²) in [6.07, 6.45) is 0. The molecule has 0 fully saturated rings. The molecule has 0 aliphatic rings. The van der Waals surface area contributed by atoms with Crippen molar-refractivity contribution in [3.8, 4) is 11.7 Å². The molecule has 214 valence electrons. The lowest BCUT2D eigenvalue weighted by molar-refractivity contribution is 0.574. The molecular formula is C41H23N3O2. The molecule has 7 aromatic carbocycles. The number of para-hydroxylation sites is 3. The molecule has 0 saturated carbocycles. The Hall–Kier alpha value is -6.33. The van der Waals surface area contributed by atoms with Crippen LogP contribution in [0.2, 0.25) is 0 Å². The van der Waals surface area contributed by atoms with Gasteiger partial charge in [-0.05, 0) is 71.4 Å². The summed E-state index contributed by atoms with van der Waals surface area (Å²) in [4.78, 5) is 5.17. The second-order valence-corrected chi connectivity index (χ2v) is 12.0. The summed E-state index contributed by atoms with van der Waals surface area (Å²) in [6, 6.07) is 49.6. The Morgan fingerprint density at radius 3 is 1.85 bits per heavy atom. The van der Waals surface area contributed by atoms with Gasteiger partial charge in [0, 0.05) is 32.6 Å². The summed E-state index contributed by atoms with van der Waals surface area (Å²) in [5.74, 6) is 0.